The molecule has 3 rings (SSSR count). The fraction of sp³-hybridized carbons (Fsp3) is 0.0625. The Labute approximate surface area is 123 Å². The molecule has 0 amide bonds. The van der Waals surface area contributed by atoms with Gasteiger partial charge < -0.3 is 5.73 Å². The molecule has 21 heavy (non-hydrogen) atoms. The van der Waals surface area contributed by atoms with Gasteiger partial charge in [-0.3, -0.25) is 10.3 Å². The number of hydrogen-bond donors (Lipinski definition) is 2. The van der Waals surface area contributed by atoms with E-state index in [-0.39, 0.29) is 5.84 Å². The number of nitrogens with zero attached hydrogens (tertiary/aromatic N) is 3. The van der Waals surface area contributed by atoms with Gasteiger partial charge in [0.1, 0.15) is 11.5 Å². The number of nitrogens with one attached hydrogen (secondary N) is 1. The van der Waals surface area contributed by atoms with E-state index in [1.165, 1.54) is 0 Å². The Morgan fingerprint density at radius 1 is 1.19 bits per heavy atom. The Kier molecular flexibility index (Phi) is 3.02. The summed E-state index contributed by atoms with van der Waals surface area (Å²) in [5.74, 6) is 1.22. The van der Waals surface area contributed by atoms with E-state index in [0.29, 0.717) is 22.9 Å². The number of nitrogens with two attached hydrogens (primary N) is 1. The van der Waals surface area contributed by atoms with Crippen molar-refractivity contribution in [2.45, 2.75) is 6.92 Å². The highest BCUT2D eigenvalue weighted by Gasteiger charge is 2.29. The molecule has 0 saturated carbocycles. The molecule has 2 aromatic rings. The molecule has 0 atom stereocenters. The van der Waals surface area contributed by atoms with Gasteiger partial charge in [-0.2, -0.15) is 0 Å². The van der Waals surface area contributed by atoms with Gasteiger partial charge >= 0.3 is 0 Å². The summed E-state index contributed by atoms with van der Waals surface area (Å²) in [6, 6.07) is 11.5. The van der Waals surface area contributed by atoms with E-state index in [2.05, 4.69) is 16.6 Å². The van der Waals surface area contributed by atoms with Crippen LogP contribution in [0, 0.1) is 12.3 Å². The van der Waals surface area contributed by atoms with Crippen LogP contribution in [0.4, 0.5) is 11.5 Å². The first kappa shape index (κ1) is 13.1. The van der Waals surface area contributed by atoms with E-state index < -0.39 is 0 Å². The Morgan fingerprint density at radius 2 is 1.90 bits per heavy atom. The molecule has 0 fully saturated rings. The standard InChI is InChI=1S/C16H15N5/c1-10-5-7-12(8-6-10)21-15(18)11(2)20-16(21)13-4-3-9-19-14(13)17/h3-9,18H,2H2,1H3,(H2,17,19). The van der Waals surface area contributed by atoms with Crippen molar-refractivity contribution in [1.29, 1.82) is 5.41 Å². The fourth-order valence-corrected chi connectivity index (χ4v) is 2.20. The zero-order valence-electron chi connectivity index (χ0n) is 11.7. The van der Waals surface area contributed by atoms with E-state index in [4.69, 9.17) is 11.1 Å². The average Bonchev–Trinajstić information content (AvgIpc) is 2.76. The monoisotopic (exact) mass is 277 g/mol. The van der Waals surface area contributed by atoms with Crippen molar-refractivity contribution in [3.05, 3.63) is 66.0 Å². The minimum atomic E-state index is 0.247. The highest BCUT2D eigenvalue weighted by Crippen LogP contribution is 2.27. The molecule has 0 bridgehead atoms. The second-order valence-electron chi connectivity index (χ2n) is 4.84. The summed E-state index contributed by atoms with van der Waals surface area (Å²) in [7, 11) is 0. The lowest BCUT2D eigenvalue weighted by Gasteiger charge is -2.21. The summed E-state index contributed by atoms with van der Waals surface area (Å²) in [5, 5.41) is 8.20. The number of aliphatic imine (C=N–C) groups is 1. The molecule has 1 aromatic carbocycles. The molecule has 1 aliphatic heterocycles. The van der Waals surface area contributed by atoms with Gasteiger partial charge in [0.25, 0.3) is 0 Å². The van der Waals surface area contributed by atoms with Gasteiger partial charge in [-0.05, 0) is 31.2 Å². The lowest BCUT2D eigenvalue weighted by atomic mass is 10.1. The van der Waals surface area contributed by atoms with Gasteiger partial charge in [-0.25, -0.2) is 9.98 Å². The summed E-state index contributed by atoms with van der Waals surface area (Å²) in [5.41, 5.74) is 9.05. The molecule has 1 aliphatic rings. The molecule has 0 spiro atoms. The van der Waals surface area contributed by atoms with Crippen molar-refractivity contribution in [2.75, 3.05) is 10.6 Å². The molecule has 5 heteroatoms. The number of rotatable bonds is 2. The predicted molar refractivity (Wildman–Crippen MR) is 85.7 cm³/mol. The third-order valence-corrected chi connectivity index (χ3v) is 3.32. The Balaban J connectivity index is 2.12. The summed E-state index contributed by atoms with van der Waals surface area (Å²) < 4.78 is 0. The molecule has 0 saturated heterocycles. The molecule has 2 heterocycles. The third-order valence-electron chi connectivity index (χ3n) is 3.32. The van der Waals surface area contributed by atoms with Crippen LogP contribution in [0.1, 0.15) is 11.1 Å². The normalized spacial score (nSPS) is 14.5. The van der Waals surface area contributed by atoms with Crippen molar-refractivity contribution in [1.82, 2.24) is 4.98 Å². The van der Waals surface area contributed by atoms with Crippen LogP contribution in [0.3, 0.4) is 0 Å². The van der Waals surface area contributed by atoms with Gasteiger partial charge in [0, 0.05) is 11.9 Å². The first-order valence-corrected chi connectivity index (χ1v) is 6.52. The average molecular weight is 277 g/mol. The molecule has 104 valence electrons. The third kappa shape index (κ3) is 2.18. The number of aromatic nitrogens is 1. The number of amidine groups is 2. The van der Waals surface area contributed by atoms with Crippen molar-refractivity contribution < 1.29 is 0 Å². The zero-order valence-corrected chi connectivity index (χ0v) is 11.7. The highest BCUT2D eigenvalue weighted by atomic mass is 15.3. The van der Waals surface area contributed by atoms with Gasteiger partial charge in [-0.15, -0.1) is 0 Å². The Morgan fingerprint density at radius 3 is 2.57 bits per heavy atom. The number of hydrogen-bond acceptors (Lipinski definition) is 4. The molecular weight excluding hydrogens is 262 g/mol. The maximum absolute atomic E-state index is 8.20. The van der Waals surface area contributed by atoms with Gasteiger partial charge in [-0.1, -0.05) is 24.3 Å². The topological polar surface area (TPSA) is 78.4 Å². The molecule has 5 nitrogen and oxygen atoms in total. The van der Waals surface area contributed by atoms with Crippen molar-refractivity contribution >= 4 is 23.2 Å². The van der Waals surface area contributed by atoms with Gasteiger partial charge in [0.05, 0.1) is 5.56 Å². The van der Waals surface area contributed by atoms with Crippen LogP contribution in [0.15, 0.2) is 59.9 Å². The quantitative estimate of drug-likeness (QED) is 0.885. The Hall–Kier alpha value is -2.95. The minimum absolute atomic E-state index is 0.247. The van der Waals surface area contributed by atoms with E-state index in [1.807, 2.05) is 37.3 Å². The summed E-state index contributed by atoms with van der Waals surface area (Å²) in [6.45, 7) is 5.84. The van der Waals surface area contributed by atoms with Crippen molar-refractivity contribution in [3.63, 3.8) is 0 Å². The first-order chi connectivity index (χ1) is 10.1. The second kappa shape index (κ2) is 4.86. The minimum Gasteiger partial charge on any atom is -0.383 e. The van der Waals surface area contributed by atoms with Crippen LogP contribution in [-0.4, -0.2) is 16.7 Å². The molecule has 0 unspecified atom stereocenters. The van der Waals surface area contributed by atoms with Crippen LogP contribution >= 0.6 is 0 Å². The lowest BCUT2D eigenvalue weighted by Crippen LogP contribution is -2.32. The first-order valence-electron chi connectivity index (χ1n) is 6.52. The smallest absolute Gasteiger partial charge is 0.156 e. The van der Waals surface area contributed by atoms with Crippen molar-refractivity contribution in [2.24, 2.45) is 4.99 Å². The summed E-state index contributed by atoms with van der Waals surface area (Å²) >= 11 is 0. The number of aryl methyl sites for hydroxylation is 1. The second-order valence-corrected chi connectivity index (χ2v) is 4.84. The largest absolute Gasteiger partial charge is 0.383 e. The molecule has 3 N–H and O–H groups in total. The highest BCUT2D eigenvalue weighted by molar-refractivity contribution is 6.33. The number of nitrogen functional groups attached to an aromatic ring is 1. The lowest BCUT2D eigenvalue weighted by molar-refractivity contribution is 1.30. The van der Waals surface area contributed by atoms with Crippen LogP contribution in [0.5, 0.6) is 0 Å². The van der Waals surface area contributed by atoms with Crippen molar-refractivity contribution in [3.8, 4) is 0 Å². The fourth-order valence-electron chi connectivity index (χ4n) is 2.20. The van der Waals surface area contributed by atoms with Crippen LogP contribution < -0.4 is 10.6 Å². The van der Waals surface area contributed by atoms with E-state index in [0.717, 1.165) is 11.3 Å². The predicted octanol–water partition coefficient (Wildman–Crippen LogP) is 2.73. The van der Waals surface area contributed by atoms with E-state index in [9.17, 15) is 0 Å². The summed E-state index contributed by atoms with van der Waals surface area (Å²) in [6.07, 6.45) is 1.63. The van der Waals surface area contributed by atoms with Crippen LogP contribution in [0.2, 0.25) is 0 Å². The summed E-state index contributed by atoms with van der Waals surface area (Å²) in [4.78, 5) is 10.2. The molecule has 0 aliphatic carbocycles. The maximum atomic E-state index is 8.20. The van der Waals surface area contributed by atoms with Gasteiger partial charge in [0.2, 0.25) is 0 Å². The Bertz CT molecular complexity index is 758. The van der Waals surface area contributed by atoms with Gasteiger partial charge in [0.15, 0.2) is 11.7 Å². The zero-order chi connectivity index (χ0) is 15.0. The van der Waals surface area contributed by atoms with Crippen LogP contribution in [0.25, 0.3) is 0 Å². The molecule has 1 aromatic heterocycles. The number of benzene rings is 1. The molecule has 0 radical (unpaired) electrons. The maximum Gasteiger partial charge on any atom is 0.156 e. The number of anilines is 2. The van der Waals surface area contributed by atoms with E-state index >= 15 is 0 Å². The van der Waals surface area contributed by atoms with Crippen LogP contribution in [-0.2, 0) is 0 Å². The van der Waals surface area contributed by atoms with E-state index in [1.54, 1.807) is 17.2 Å². The molecular formula is C16H15N5. The SMILES string of the molecule is C=C1N=C(c2cccnc2N)N(c2ccc(C)cc2)C1=N. The number of pyridine rings is 1.